The molecule has 0 atom stereocenters. The molecule has 0 aromatic heterocycles. The van der Waals surface area contributed by atoms with Crippen molar-refractivity contribution in [1.29, 1.82) is 0 Å². The highest BCUT2D eigenvalue weighted by Gasteiger charge is 2.28. The standard InChI is InChI=1S/C11H14N2O4S/c12-8-3-10-11(17-6-16-10)4-9(8)13-18(14,15)5-7-1-2-7/h3-4,7,13H,1-2,5-6,12H2. The monoisotopic (exact) mass is 270 g/mol. The second-order valence-corrected chi connectivity index (χ2v) is 6.39. The van der Waals surface area contributed by atoms with E-state index in [9.17, 15) is 8.42 Å². The molecule has 1 aromatic rings. The predicted octanol–water partition coefficient (Wildman–Crippen LogP) is 1.15. The first kappa shape index (κ1) is 11.5. The van der Waals surface area contributed by atoms with Crippen LogP contribution in [0.2, 0.25) is 0 Å². The molecular formula is C11H14N2O4S. The van der Waals surface area contributed by atoms with Crippen molar-refractivity contribution >= 4 is 21.4 Å². The van der Waals surface area contributed by atoms with Gasteiger partial charge in [0.25, 0.3) is 0 Å². The lowest BCUT2D eigenvalue weighted by atomic mass is 10.2. The normalized spacial score (nSPS) is 17.8. The first-order valence-corrected chi connectivity index (χ1v) is 7.38. The summed E-state index contributed by atoms with van der Waals surface area (Å²) in [6.07, 6.45) is 1.97. The summed E-state index contributed by atoms with van der Waals surface area (Å²) in [5.74, 6) is 1.49. The lowest BCUT2D eigenvalue weighted by Crippen LogP contribution is -2.18. The molecular weight excluding hydrogens is 256 g/mol. The topological polar surface area (TPSA) is 90.7 Å². The van der Waals surface area contributed by atoms with Crippen molar-refractivity contribution in [3.05, 3.63) is 12.1 Å². The lowest BCUT2D eigenvalue weighted by molar-refractivity contribution is 0.174. The van der Waals surface area contributed by atoms with E-state index in [-0.39, 0.29) is 18.5 Å². The summed E-state index contributed by atoms with van der Waals surface area (Å²) in [7, 11) is -3.34. The minimum absolute atomic E-state index is 0.132. The van der Waals surface area contributed by atoms with Crippen LogP contribution in [0, 0.1) is 5.92 Å². The minimum atomic E-state index is -3.34. The van der Waals surface area contributed by atoms with Crippen LogP contribution >= 0.6 is 0 Å². The highest BCUT2D eigenvalue weighted by atomic mass is 32.2. The van der Waals surface area contributed by atoms with Crippen LogP contribution in [-0.2, 0) is 10.0 Å². The average molecular weight is 270 g/mol. The molecule has 1 aromatic carbocycles. The van der Waals surface area contributed by atoms with Gasteiger partial charge in [-0.2, -0.15) is 0 Å². The first-order chi connectivity index (χ1) is 8.53. The molecule has 0 radical (unpaired) electrons. The van der Waals surface area contributed by atoms with Crippen molar-refractivity contribution in [2.24, 2.45) is 5.92 Å². The third-order valence-electron chi connectivity index (χ3n) is 2.96. The molecule has 98 valence electrons. The van der Waals surface area contributed by atoms with E-state index in [1.165, 1.54) is 0 Å². The van der Waals surface area contributed by atoms with E-state index in [0.29, 0.717) is 22.9 Å². The number of hydrogen-bond donors (Lipinski definition) is 2. The maximum Gasteiger partial charge on any atom is 0.233 e. The zero-order valence-corrected chi connectivity index (χ0v) is 10.5. The zero-order valence-electron chi connectivity index (χ0n) is 9.68. The molecule has 0 saturated heterocycles. The van der Waals surface area contributed by atoms with Gasteiger partial charge in [-0.3, -0.25) is 4.72 Å². The molecule has 3 rings (SSSR count). The smallest absolute Gasteiger partial charge is 0.233 e. The van der Waals surface area contributed by atoms with Crippen LogP contribution in [-0.4, -0.2) is 21.0 Å². The number of nitrogens with one attached hydrogen (secondary N) is 1. The summed E-state index contributed by atoms with van der Waals surface area (Å²) in [4.78, 5) is 0. The van der Waals surface area contributed by atoms with Crippen LogP contribution in [0.15, 0.2) is 12.1 Å². The van der Waals surface area contributed by atoms with E-state index in [4.69, 9.17) is 15.2 Å². The van der Waals surface area contributed by atoms with E-state index < -0.39 is 10.0 Å². The van der Waals surface area contributed by atoms with E-state index in [1.54, 1.807) is 12.1 Å². The second-order valence-electron chi connectivity index (χ2n) is 4.62. The molecule has 1 aliphatic carbocycles. The van der Waals surface area contributed by atoms with Crippen molar-refractivity contribution < 1.29 is 17.9 Å². The fraction of sp³-hybridized carbons (Fsp3) is 0.455. The van der Waals surface area contributed by atoms with Gasteiger partial charge in [-0.05, 0) is 18.8 Å². The van der Waals surface area contributed by atoms with Crippen LogP contribution < -0.4 is 19.9 Å². The molecule has 0 spiro atoms. The van der Waals surface area contributed by atoms with Gasteiger partial charge >= 0.3 is 0 Å². The number of anilines is 2. The van der Waals surface area contributed by atoms with Gasteiger partial charge in [-0.15, -0.1) is 0 Å². The zero-order chi connectivity index (χ0) is 12.8. The highest BCUT2D eigenvalue weighted by Crippen LogP contribution is 2.39. The second kappa shape index (κ2) is 3.94. The van der Waals surface area contributed by atoms with Crippen LogP contribution in [0.5, 0.6) is 11.5 Å². The van der Waals surface area contributed by atoms with Gasteiger partial charge in [0.2, 0.25) is 16.8 Å². The Morgan fingerprint density at radius 3 is 2.61 bits per heavy atom. The summed E-state index contributed by atoms with van der Waals surface area (Å²) in [5, 5.41) is 0. The lowest BCUT2D eigenvalue weighted by Gasteiger charge is -2.10. The summed E-state index contributed by atoms with van der Waals surface area (Å²) < 4.78 is 36.6. The Morgan fingerprint density at radius 2 is 1.94 bits per heavy atom. The highest BCUT2D eigenvalue weighted by molar-refractivity contribution is 7.92. The predicted molar refractivity (Wildman–Crippen MR) is 67.1 cm³/mol. The number of rotatable bonds is 4. The molecule has 6 nitrogen and oxygen atoms in total. The Hall–Kier alpha value is -1.63. The number of benzene rings is 1. The summed E-state index contributed by atoms with van der Waals surface area (Å²) >= 11 is 0. The van der Waals surface area contributed by atoms with Crippen molar-refractivity contribution in [3.8, 4) is 11.5 Å². The Kier molecular flexibility index (Phi) is 2.51. The SMILES string of the molecule is Nc1cc2c(cc1NS(=O)(=O)CC1CC1)OCO2. The molecule has 0 bridgehead atoms. The van der Waals surface area contributed by atoms with E-state index in [1.807, 2.05) is 0 Å². The number of sulfonamides is 1. The Morgan fingerprint density at radius 1 is 1.28 bits per heavy atom. The molecule has 1 fully saturated rings. The quantitative estimate of drug-likeness (QED) is 0.801. The number of nitrogens with two attached hydrogens (primary N) is 1. The minimum Gasteiger partial charge on any atom is -0.454 e. The Balaban J connectivity index is 1.83. The number of ether oxygens (including phenoxy) is 2. The molecule has 0 amide bonds. The molecule has 18 heavy (non-hydrogen) atoms. The van der Waals surface area contributed by atoms with E-state index in [0.717, 1.165) is 12.8 Å². The van der Waals surface area contributed by atoms with Gasteiger partial charge in [0.05, 0.1) is 17.1 Å². The van der Waals surface area contributed by atoms with E-state index >= 15 is 0 Å². The Labute approximate surface area is 105 Å². The van der Waals surface area contributed by atoms with Crippen molar-refractivity contribution in [2.45, 2.75) is 12.8 Å². The van der Waals surface area contributed by atoms with Gasteiger partial charge in [0, 0.05) is 12.1 Å². The third kappa shape index (κ3) is 2.31. The summed E-state index contributed by atoms with van der Waals surface area (Å²) in [5.41, 5.74) is 6.46. The summed E-state index contributed by atoms with van der Waals surface area (Å²) in [6, 6.07) is 3.12. The van der Waals surface area contributed by atoms with Gasteiger partial charge in [-0.1, -0.05) is 0 Å². The van der Waals surface area contributed by atoms with Crippen molar-refractivity contribution in [2.75, 3.05) is 23.0 Å². The molecule has 3 N–H and O–H groups in total. The molecule has 2 aliphatic rings. The largest absolute Gasteiger partial charge is 0.454 e. The van der Waals surface area contributed by atoms with Gasteiger partial charge in [-0.25, -0.2) is 8.42 Å². The number of hydrogen-bond acceptors (Lipinski definition) is 5. The van der Waals surface area contributed by atoms with E-state index in [2.05, 4.69) is 4.72 Å². The maximum absolute atomic E-state index is 11.9. The molecule has 1 heterocycles. The van der Waals surface area contributed by atoms with Crippen LogP contribution in [0.25, 0.3) is 0 Å². The first-order valence-electron chi connectivity index (χ1n) is 5.73. The van der Waals surface area contributed by atoms with Crippen LogP contribution in [0.4, 0.5) is 11.4 Å². The van der Waals surface area contributed by atoms with Crippen LogP contribution in [0.1, 0.15) is 12.8 Å². The number of fused-ring (bicyclic) bond motifs is 1. The molecule has 0 unspecified atom stereocenters. The van der Waals surface area contributed by atoms with Gasteiger partial charge in [0.1, 0.15) is 0 Å². The fourth-order valence-electron chi connectivity index (χ4n) is 1.85. The molecule has 1 saturated carbocycles. The average Bonchev–Trinajstić information content (AvgIpc) is 2.95. The van der Waals surface area contributed by atoms with Crippen molar-refractivity contribution in [1.82, 2.24) is 0 Å². The fourth-order valence-corrected chi connectivity index (χ4v) is 3.40. The van der Waals surface area contributed by atoms with Gasteiger partial charge < -0.3 is 15.2 Å². The van der Waals surface area contributed by atoms with Gasteiger partial charge in [0.15, 0.2) is 11.5 Å². The summed E-state index contributed by atoms with van der Waals surface area (Å²) in [6.45, 7) is 0.132. The maximum atomic E-state index is 11.9. The van der Waals surface area contributed by atoms with Crippen molar-refractivity contribution in [3.63, 3.8) is 0 Å². The number of nitrogen functional groups attached to an aromatic ring is 1. The Bertz CT molecular complexity index is 581. The molecule has 7 heteroatoms. The molecule has 1 aliphatic heterocycles. The van der Waals surface area contributed by atoms with Crippen LogP contribution in [0.3, 0.4) is 0 Å². The third-order valence-corrected chi connectivity index (χ3v) is 4.40.